The molecule has 3 aliphatic rings. The van der Waals surface area contributed by atoms with Gasteiger partial charge in [-0.3, -0.25) is 0 Å². The fourth-order valence-corrected chi connectivity index (χ4v) is 7.81. The lowest BCUT2D eigenvalue weighted by molar-refractivity contribution is 0.171. The zero-order chi connectivity index (χ0) is 22.0. The summed E-state index contributed by atoms with van der Waals surface area (Å²) in [5.74, 6) is -1.57. The molecule has 5 rings (SSSR count). The Bertz CT molecular complexity index is 1250. The van der Waals surface area contributed by atoms with E-state index < -0.39 is 48.7 Å². The van der Waals surface area contributed by atoms with Crippen LogP contribution >= 0.6 is 0 Å². The van der Waals surface area contributed by atoms with Gasteiger partial charge in [-0.2, -0.15) is 8.61 Å². The Kier molecular flexibility index (Phi) is 4.73. The van der Waals surface area contributed by atoms with Crippen molar-refractivity contribution in [2.24, 2.45) is 0 Å². The molecule has 0 aliphatic carbocycles. The van der Waals surface area contributed by atoms with Crippen molar-refractivity contribution in [1.82, 2.24) is 8.61 Å². The Morgan fingerprint density at radius 3 is 2.00 bits per heavy atom. The van der Waals surface area contributed by atoms with Gasteiger partial charge in [-0.25, -0.2) is 25.6 Å². The highest BCUT2D eigenvalue weighted by molar-refractivity contribution is 7.89. The van der Waals surface area contributed by atoms with Crippen LogP contribution in [0.15, 0.2) is 46.2 Å². The van der Waals surface area contributed by atoms with E-state index in [1.807, 2.05) is 0 Å². The normalized spacial score (nSPS) is 23.9. The summed E-state index contributed by atoms with van der Waals surface area (Å²) < 4.78 is 93.5. The monoisotopic (exact) mass is 472 g/mol. The Morgan fingerprint density at radius 1 is 0.806 bits per heavy atom. The van der Waals surface area contributed by atoms with Crippen LogP contribution in [0.25, 0.3) is 0 Å². The number of nitrogens with zero attached hydrogens (tertiary/aromatic N) is 2. The van der Waals surface area contributed by atoms with Gasteiger partial charge in [-0.15, -0.1) is 0 Å². The molecular formula is C19H18F2N2O6S2. The number of hydrogen-bond acceptors (Lipinski definition) is 6. The molecule has 2 aromatic rings. The number of piperazine rings is 1. The number of halogens is 2. The van der Waals surface area contributed by atoms with Crippen molar-refractivity contribution in [3.63, 3.8) is 0 Å². The lowest BCUT2D eigenvalue weighted by atomic mass is 10.2. The second kappa shape index (κ2) is 7.12. The minimum Gasteiger partial charge on any atom is -0.486 e. The predicted molar refractivity (Wildman–Crippen MR) is 104 cm³/mol. The number of hydrogen-bond donors (Lipinski definition) is 0. The van der Waals surface area contributed by atoms with Gasteiger partial charge in [0.2, 0.25) is 20.0 Å². The van der Waals surface area contributed by atoms with E-state index in [4.69, 9.17) is 9.47 Å². The average Bonchev–Trinajstić information content (AvgIpc) is 3.35. The van der Waals surface area contributed by atoms with Gasteiger partial charge in [-0.05, 0) is 30.7 Å². The first-order chi connectivity index (χ1) is 14.7. The van der Waals surface area contributed by atoms with Crippen LogP contribution in [-0.2, 0) is 20.0 Å². The first-order valence-corrected chi connectivity index (χ1v) is 12.4. The topological polar surface area (TPSA) is 93.2 Å². The van der Waals surface area contributed by atoms with E-state index in [-0.39, 0.29) is 24.4 Å². The molecule has 3 aliphatic heterocycles. The molecule has 12 heteroatoms. The number of fused-ring (bicyclic) bond motifs is 3. The molecule has 0 spiro atoms. The molecule has 2 atom stereocenters. The molecular weight excluding hydrogens is 454 g/mol. The third-order valence-electron chi connectivity index (χ3n) is 5.75. The fraction of sp³-hybridized carbons (Fsp3) is 0.368. The van der Waals surface area contributed by atoms with Crippen LogP contribution < -0.4 is 9.47 Å². The summed E-state index contributed by atoms with van der Waals surface area (Å²) in [7, 11) is -8.38. The van der Waals surface area contributed by atoms with Crippen LogP contribution in [0.4, 0.5) is 8.78 Å². The van der Waals surface area contributed by atoms with Crippen LogP contribution in [0.2, 0.25) is 0 Å². The summed E-state index contributed by atoms with van der Waals surface area (Å²) >= 11 is 0. The van der Waals surface area contributed by atoms with E-state index in [1.54, 1.807) is 0 Å². The largest absolute Gasteiger partial charge is 0.486 e. The minimum atomic E-state index is -4.45. The molecule has 2 saturated heterocycles. The maximum atomic E-state index is 14.1. The quantitative estimate of drug-likeness (QED) is 0.671. The van der Waals surface area contributed by atoms with Crippen molar-refractivity contribution in [1.29, 1.82) is 0 Å². The maximum absolute atomic E-state index is 14.1. The lowest BCUT2D eigenvalue weighted by Gasteiger charge is -2.33. The highest BCUT2D eigenvalue weighted by atomic mass is 32.2. The van der Waals surface area contributed by atoms with Crippen LogP contribution in [0.3, 0.4) is 0 Å². The maximum Gasteiger partial charge on any atom is 0.249 e. The van der Waals surface area contributed by atoms with Crippen LogP contribution in [0.5, 0.6) is 11.5 Å². The van der Waals surface area contributed by atoms with Gasteiger partial charge in [0.15, 0.2) is 16.4 Å². The first-order valence-electron chi connectivity index (χ1n) is 9.57. The molecule has 0 saturated carbocycles. The van der Waals surface area contributed by atoms with Crippen LogP contribution in [0.1, 0.15) is 6.42 Å². The van der Waals surface area contributed by atoms with Crippen molar-refractivity contribution in [3.05, 3.63) is 48.0 Å². The van der Waals surface area contributed by atoms with Crippen LogP contribution in [-0.4, -0.2) is 63.8 Å². The average molecular weight is 472 g/mol. The van der Waals surface area contributed by atoms with E-state index in [2.05, 4.69) is 0 Å². The van der Waals surface area contributed by atoms with E-state index in [0.717, 1.165) is 22.5 Å². The lowest BCUT2D eigenvalue weighted by Crippen LogP contribution is -2.50. The molecule has 0 unspecified atom stereocenters. The van der Waals surface area contributed by atoms with Gasteiger partial charge in [-0.1, -0.05) is 6.07 Å². The molecule has 8 nitrogen and oxygen atoms in total. The van der Waals surface area contributed by atoms with E-state index >= 15 is 0 Å². The van der Waals surface area contributed by atoms with E-state index in [0.29, 0.717) is 24.7 Å². The van der Waals surface area contributed by atoms with Crippen molar-refractivity contribution in [3.8, 4) is 11.5 Å². The Balaban J connectivity index is 1.41. The third kappa shape index (κ3) is 3.20. The van der Waals surface area contributed by atoms with Crippen molar-refractivity contribution < 1.29 is 35.1 Å². The predicted octanol–water partition coefficient (Wildman–Crippen LogP) is 1.57. The van der Waals surface area contributed by atoms with Gasteiger partial charge in [0.25, 0.3) is 0 Å². The second-order valence-electron chi connectivity index (χ2n) is 7.55. The Hall–Kier alpha value is -2.28. The van der Waals surface area contributed by atoms with E-state index in [9.17, 15) is 25.6 Å². The summed E-state index contributed by atoms with van der Waals surface area (Å²) in [5.41, 5.74) is 0. The van der Waals surface area contributed by atoms with Crippen molar-refractivity contribution in [2.45, 2.75) is 28.3 Å². The number of ether oxygens (including phenoxy) is 2. The first kappa shape index (κ1) is 20.6. The summed E-state index contributed by atoms with van der Waals surface area (Å²) in [4.78, 5) is -0.998. The summed E-state index contributed by atoms with van der Waals surface area (Å²) in [6.07, 6.45) is 0.249. The number of benzene rings is 2. The molecule has 2 bridgehead atoms. The third-order valence-corrected chi connectivity index (χ3v) is 9.63. The Morgan fingerprint density at radius 2 is 1.39 bits per heavy atom. The van der Waals surface area contributed by atoms with Crippen LogP contribution in [0, 0.1) is 11.6 Å². The number of sulfonamides is 2. The van der Waals surface area contributed by atoms with Gasteiger partial charge >= 0.3 is 0 Å². The fourth-order valence-electron chi connectivity index (χ4n) is 4.35. The van der Waals surface area contributed by atoms with Gasteiger partial charge in [0, 0.05) is 31.2 Å². The summed E-state index contributed by atoms with van der Waals surface area (Å²) in [6.45, 7) is 0.410. The zero-order valence-corrected chi connectivity index (χ0v) is 17.7. The smallest absolute Gasteiger partial charge is 0.249 e. The molecule has 3 heterocycles. The molecule has 0 aromatic heterocycles. The second-order valence-corrected chi connectivity index (χ2v) is 11.3. The molecule has 2 aromatic carbocycles. The molecule has 166 valence electrons. The summed E-state index contributed by atoms with van der Waals surface area (Å²) in [5, 5.41) is 0. The van der Waals surface area contributed by atoms with Gasteiger partial charge < -0.3 is 9.47 Å². The van der Waals surface area contributed by atoms with Gasteiger partial charge in [0.1, 0.15) is 24.8 Å². The molecule has 31 heavy (non-hydrogen) atoms. The standard InChI is InChI=1S/C19H18F2N2O6S2/c20-15-2-1-3-16(21)19(15)31(26,27)23-11-12-8-13(23)10-22(12)30(24,25)14-4-5-17-18(9-14)29-7-6-28-17/h1-5,9,12-13H,6-8,10-11H2/t12-,13-/m0/s1. The van der Waals surface area contributed by atoms with Crippen molar-refractivity contribution >= 4 is 20.0 Å². The zero-order valence-electron chi connectivity index (χ0n) is 16.1. The molecule has 0 amide bonds. The van der Waals surface area contributed by atoms with Gasteiger partial charge in [0.05, 0.1) is 4.90 Å². The number of rotatable bonds is 4. The minimum absolute atomic E-state index is 0.0128. The highest BCUT2D eigenvalue weighted by Gasteiger charge is 2.53. The molecule has 0 N–H and O–H groups in total. The Labute approximate surface area is 178 Å². The van der Waals surface area contributed by atoms with Crippen molar-refractivity contribution in [2.75, 3.05) is 26.3 Å². The highest BCUT2D eigenvalue weighted by Crippen LogP contribution is 2.40. The molecule has 0 radical (unpaired) electrons. The molecule has 2 fully saturated rings. The van der Waals surface area contributed by atoms with E-state index in [1.165, 1.54) is 22.5 Å². The summed E-state index contributed by atoms with van der Waals surface area (Å²) in [6, 6.07) is 5.83. The SMILES string of the molecule is O=S(=O)(c1ccc2c(c1)OCCO2)N1C[C@@H]2C[C@H]1CN2S(=O)(=O)c1c(F)cccc1F.